The van der Waals surface area contributed by atoms with Crippen LogP contribution >= 0.6 is 0 Å². The summed E-state index contributed by atoms with van der Waals surface area (Å²) in [5.74, 6) is 0.745. The molecule has 112 valence electrons. The number of anilines is 1. The summed E-state index contributed by atoms with van der Waals surface area (Å²) in [6.07, 6.45) is 5.76. The summed E-state index contributed by atoms with van der Waals surface area (Å²) < 4.78 is 7.26. The highest BCUT2D eigenvalue weighted by atomic mass is 16.5. The zero-order valence-corrected chi connectivity index (χ0v) is 12.3. The van der Waals surface area contributed by atoms with Crippen LogP contribution in [0.25, 0.3) is 5.65 Å². The highest BCUT2D eigenvalue weighted by Crippen LogP contribution is 2.16. The van der Waals surface area contributed by atoms with Gasteiger partial charge >= 0.3 is 0 Å². The predicted octanol–water partition coefficient (Wildman–Crippen LogP) is 2.91. The summed E-state index contributed by atoms with van der Waals surface area (Å²) >= 11 is 0. The molecule has 0 saturated carbocycles. The van der Waals surface area contributed by atoms with Crippen molar-refractivity contribution in [3.8, 4) is 5.75 Å². The molecular weight excluding hydrogens is 278 g/mol. The maximum Gasteiger partial charge on any atom is 0.228 e. The minimum absolute atomic E-state index is 0.0692. The van der Waals surface area contributed by atoms with Gasteiger partial charge in [-0.2, -0.15) is 0 Å². The number of aromatic nitrogens is 2. The minimum Gasteiger partial charge on any atom is -0.494 e. The van der Waals surface area contributed by atoms with E-state index in [1.54, 1.807) is 6.20 Å². The molecule has 2 heterocycles. The lowest BCUT2D eigenvalue weighted by atomic mass is 10.1. The number of nitrogens with one attached hydrogen (secondary N) is 1. The van der Waals surface area contributed by atoms with Crippen molar-refractivity contribution < 1.29 is 9.53 Å². The molecule has 0 unspecified atom stereocenters. The van der Waals surface area contributed by atoms with E-state index in [9.17, 15) is 4.79 Å². The largest absolute Gasteiger partial charge is 0.494 e. The van der Waals surface area contributed by atoms with Gasteiger partial charge in [0, 0.05) is 18.6 Å². The fourth-order valence-electron chi connectivity index (χ4n) is 2.30. The van der Waals surface area contributed by atoms with Crippen LogP contribution in [0.2, 0.25) is 0 Å². The summed E-state index contributed by atoms with van der Waals surface area (Å²) in [6, 6.07) is 11.3. The van der Waals surface area contributed by atoms with Gasteiger partial charge in [-0.25, -0.2) is 4.98 Å². The third-order valence-corrected chi connectivity index (χ3v) is 3.29. The highest BCUT2D eigenvalue weighted by Gasteiger charge is 2.08. The summed E-state index contributed by atoms with van der Waals surface area (Å²) in [6.45, 7) is 2.58. The quantitative estimate of drug-likeness (QED) is 0.787. The smallest absolute Gasteiger partial charge is 0.228 e. The lowest BCUT2D eigenvalue weighted by Crippen LogP contribution is -2.15. The van der Waals surface area contributed by atoms with Gasteiger partial charge in [0.25, 0.3) is 0 Å². The number of carbonyl (C=O) groups is 1. The van der Waals surface area contributed by atoms with Gasteiger partial charge in [-0.3, -0.25) is 4.79 Å². The van der Waals surface area contributed by atoms with E-state index < -0.39 is 0 Å². The average Bonchev–Trinajstić information content (AvgIpc) is 2.99. The van der Waals surface area contributed by atoms with Crippen LogP contribution in [0.5, 0.6) is 5.75 Å². The van der Waals surface area contributed by atoms with Crippen LogP contribution in [-0.4, -0.2) is 21.9 Å². The predicted molar refractivity (Wildman–Crippen MR) is 85.1 cm³/mol. The van der Waals surface area contributed by atoms with E-state index in [1.807, 2.05) is 60.1 Å². The number of rotatable bonds is 5. The molecule has 0 radical (unpaired) electrons. The standard InChI is InChI=1S/C17H17N3O2/c1-2-22-14-7-5-13(6-8-14)12-16(21)19-15-4-3-10-20-11-9-18-17(15)20/h3-11H,2,12H2,1H3,(H,19,21). The van der Waals surface area contributed by atoms with E-state index in [4.69, 9.17) is 4.74 Å². The summed E-state index contributed by atoms with van der Waals surface area (Å²) in [5, 5.41) is 2.91. The number of imidazole rings is 1. The molecule has 2 aromatic heterocycles. The Balaban J connectivity index is 1.68. The first kappa shape index (κ1) is 14.1. The Bertz CT molecular complexity index is 778. The Morgan fingerprint density at radius 1 is 1.23 bits per heavy atom. The zero-order valence-electron chi connectivity index (χ0n) is 12.3. The zero-order chi connectivity index (χ0) is 15.4. The van der Waals surface area contributed by atoms with Crippen molar-refractivity contribution in [3.05, 3.63) is 60.6 Å². The van der Waals surface area contributed by atoms with Gasteiger partial charge in [0.1, 0.15) is 5.75 Å². The van der Waals surface area contributed by atoms with E-state index in [-0.39, 0.29) is 5.91 Å². The second-order valence-electron chi connectivity index (χ2n) is 4.88. The number of fused-ring (bicyclic) bond motifs is 1. The van der Waals surface area contributed by atoms with Gasteiger partial charge in [-0.05, 0) is 36.8 Å². The third-order valence-electron chi connectivity index (χ3n) is 3.29. The van der Waals surface area contributed by atoms with Crippen molar-refractivity contribution in [1.82, 2.24) is 9.38 Å². The molecule has 22 heavy (non-hydrogen) atoms. The number of nitrogens with zero attached hydrogens (tertiary/aromatic N) is 2. The SMILES string of the molecule is CCOc1ccc(CC(=O)Nc2cccn3ccnc23)cc1. The molecule has 5 heteroatoms. The van der Waals surface area contributed by atoms with E-state index in [0.717, 1.165) is 17.0 Å². The Labute approximate surface area is 128 Å². The van der Waals surface area contributed by atoms with Crippen LogP contribution in [0.4, 0.5) is 5.69 Å². The maximum absolute atomic E-state index is 12.2. The molecule has 3 rings (SSSR count). The average molecular weight is 295 g/mol. The van der Waals surface area contributed by atoms with Crippen molar-refractivity contribution in [2.24, 2.45) is 0 Å². The molecule has 0 fully saturated rings. The number of benzene rings is 1. The van der Waals surface area contributed by atoms with Crippen molar-refractivity contribution in [1.29, 1.82) is 0 Å². The number of ether oxygens (including phenoxy) is 1. The molecular formula is C17H17N3O2. The van der Waals surface area contributed by atoms with Gasteiger partial charge in [0.15, 0.2) is 5.65 Å². The summed E-state index contributed by atoms with van der Waals surface area (Å²) in [5.41, 5.74) is 2.39. The van der Waals surface area contributed by atoms with Crippen molar-refractivity contribution >= 4 is 17.2 Å². The molecule has 0 atom stereocenters. The molecule has 1 aromatic carbocycles. The first-order chi connectivity index (χ1) is 10.8. The maximum atomic E-state index is 12.2. The normalized spacial score (nSPS) is 10.6. The topological polar surface area (TPSA) is 55.6 Å². The molecule has 0 aliphatic heterocycles. The first-order valence-corrected chi connectivity index (χ1v) is 7.19. The van der Waals surface area contributed by atoms with Crippen LogP contribution in [0.15, 0.2) is 55.0 Å². The van der Waals surface area contributed by atoms with E-state index in [1.165, 1.54) is 0 Å². The fourth-order valence-corrected chi connectivity index (χ4v) is 2.30. The highest BCUT2D eigenvalue weighted by molar-refractivity contribution is 5.95. The Morgan fingerprint density at radius 3 is 2.82 bits per heavy atom. The molecule has 0 bridgehead atoms. The Morgan fingerprint density at radius 2 is 2.05 bits per heavy atom. The first-order valence-electron chi connectivity index (χ1n) is 7.19. The second-order valence-corrected chi connectivity index (χ2v) is 4.88. The minimum atomic E-state index is -0.0692. The number of hydrogen-bond acceptors (Lipinski definition) is 3. The molecule has 0 saturated heterocycles. The van der Waals surface area contributed by atoms with E-state index in [2.05, 4.69) is 10.3 Å². The van der Waals surface area contributed by atoms with Crippen molar-refractivity contribution in [3.63, 3.8) is 0 Å². The van der Waals surface area contributed by atoms with E-state index >= 15 is 0 Å². The fraction of sp³-hybridized carbons (Fsp3) is 0.176. The van der Waals surface area contributed by atoms with Crippen LogP contribution in [0.1, 0.15) is 12.5 Å². The molecule has 1 amide bonds. The Kier molecular flexibility index (Phi) is 4.05. The van der Waals surface area contributed by atoms with Gasteiger partial charge < -0.3 is 14.5 Å². The van der Waals surface area contributed by atoms with Crippen LogP contribution in [0.3, 0.4) is 0 Å². The lowest BCUT2D eigenvalue weighted by Gasteiger charge is -2.07. The Hall–Kier alpha value is -2.82. The molecule has 0 spiro atoms. The monoisotopic (exact) mass is 295 g/mol. The molecule has 5 nitrogen and oxygen atoms in total. The number of carbonyl (C=O) groups excluding carboxylic acids is 1. The molecule has 1 N–H and O–H groups in total. The van der Waals surface area contributed by atoms with Crippen LogP contribution < -0.4 is 10.1 Å². The molecule has 3 aromatic rings. The van der Waals surface area contributed by atoms with Gasteiger partial charge in [-0.1, -0.05) is 12.1 Å². The van der Waals surface area contributed by atoms with Crippen molar-refractivity contribution in [2.45, 2.75) is 13.3 Å². The van der Waals surface area contributed by atoms with Crippen LogP contribution in [0, 0.1) is 0 Å². The second kappa shape index (κ2) is 6.30. The number of amides is 1. The number of pyridine rings is 1. The molecule has 0 aliphatic rings. The van der Waals surface area contributed by atoms with Gasteiger partial charge in [0.2, 0.25) is 5.91 Å². The van der Waals surface area contributed by atoms with Crippen molar-refractivity contribution in [2.75, 3.05) is 11.9 Å². The molecule has 0 aliphatic carbocycles. The lowest BCUT2D eigenvalue weighted by molar-refractivity contribution is -0.115. The number of hydrogen-bond donors (Lipinski definition) is 1. The van der Waals surface area contributed by atoms with E-state index in [0.29, 0.717) is 18.7 Å². The van der Waals surface area contributed by atoms with Gasteiger partial charge in [0.05, 0.1) is 18.7 Å². The van der Waals surface area contributed by atoms with Gasteiger partial charge in [-0.15, -0.1) is 0 Å². The third kappa shape index (κ3) is 3.09. The summed E-state index contributed by atoms with van der Waals surface area (Å²) in [7, 11) is 0. The van der Waals surface area contributed by atoms with Crippen LogP contribution in [-0.2, 0) is 11.2 Å². The summed E-state index contributed by atoms with van der Waals surface area (Å²) in [4.78, 5) is 16.4.